The fourth-order valence-corrected chi connectivity index (χ4v) is 6.51. The zero-order valence-corrected chi connectivity index (χ0v) is 22.5. The van der Waals surface area contributed by atoms with Crippen molar-refractivity contribution in [3.8, 4) is 11.1 Å². The molecule has 6 nitrogen and oxygen atoms in total. The summed E-state index contributed by atoms with van der Waals surface area (Å²) in [7, 11) is 3.43. The molecule has 3 aromatic carbocycles. The van der Waals surface area contributed by atoms with Crippen LogP contribution in [0.25, 0.3) is 27.0 Å². The van der Waals surface area contributed by atoms with Crippen LogP contribution in [-0.4, -0.2) is 53.0 Å². The Labute approximate surface area is 234 Å². The van der Waals surface area contributed by atoms with Gasteiger partial charge in [-0.3, -0.25) is 0 Å². The number of piperidine rings is 1. The number of carbonyl (C=O) groups excluding carboxylic acids is 1. The summed E-state index contributed by atoms with van der Waals surface area (Å²) >= 11 is 0. The third kappa shape index (κ3) is 4.31. The molecule has 1 aliphatic heterocycles. The number of aromatic nitrogens is 2. The number of carbonyl (C=O) groups is 1. The molecule has 1 unspecified atom stereocenters. The summed E-state index contributed by atoms with van der Waals surface area (Å²) in [4.78, 5) is 27.2. The quantitative estimate of drug-likeness (QED) is 0.209. The molecule has 41 heavy (non-hydrogen) atoms. The summed E-state index contributed by atoms with van der Waals surface area (Å²) in [6.07, 6.45) is -2.74. The van der Waals surface area contributed by atoms with Crippen molar-refractivity contribution in [2.45, 2.75) is 30.9 Å². The predicted molar refractivity (Wildman–Crippen MR) is 147 cm³/mol. The lowest BCUT2D eigenvalue weighted by atomic mass is 9.79. The van der Waals surface area contributed by atoms with Gasteiger partial charge in [0.15, 0.2) is 5.69 Å². The molecule has 1 atom stereocenters. The number of benzene rings is 3. The molecule has 2 heterocycles. The molecule has 1 saturated carbocycles. The number of alkyl halides is 3. The van der Waals surface area contributed by atoms with E-state index in [1.807, 2.05) is 47.4 Å². The second-order valence-electron chi connectivity index (χ2n) is 11.2. The van der Waals surface area contributed by atoms with Crippen LogP contribution in [0.5, 0.6) is 0 Å². The number of rotatable bonds is 3. The van der Waals surface area contributed by atoms with Gasteiger partial charge in [0.2, 0.25) is 0 Å². The first-order valence-corrected chi connectivity index (χ1v) is 13.3. The van der Waals surface area contributed by atoms with Gasteiger partial charge in [-0.2, -0.15) is 13.2 Å². The van der Waals surface area contributed by atoms with Crippen molar-refractivity contribution in [2.75, 3.05) is 27.2 Å². The van der Waals surface area contributed by atoms with Crippen molar-refractivity contribution >= 4 is 22.8 Å². The van der Waals surface area contributed by atoms with Crippen LogP contribution in [-0.2, 0) is 11.6 Å². The van der Waals surface area contributed by atoms with Gasteiger partial charge in [-0.15, -0.1) is 0 Å². The topological polar surface area (TPSA) is 56.6 Å². The number of halogens is 4. The Morgan fingerprint density at radius 1 is 1.05 bits per heavy atom. The highest BCUT2D eigenvalue weighted by molar-refractivity contribution is 5.78. The predicted octanol–water partition coefficient (Wildman–Crippen LogP) is 7.39. The Kier molecular flexibility index (Phi) is 6.10. The van der Waals surface area contributed by atoms with E-state index < -0.39 is 23.0 Å². The van der Waals surface area contributed by atoms with E-state index in [9.17, 15) is 22.4 Å². The van der Waals surface area contributed by atoms with E-state index in [-0.39, 0.29) is 22.5 Å². The van der Waals surface area contributed by atoms with Crippen LogP contribution in [0.4, 0.5) is 28.0 Å². The lowest BCUT2D eigenvalue weighted by molar-refractivity contribution is -0.139. The third-order valence-corrected chi connectivity index (χ3v) is 8.72. The van der Waals surface area contributed by atoms with Gasteiger partial charge in [-0.05, 0) is 53.5 Å². The number of hydrogen-bond acceptors (Lipinski definition) is 2. The Morgan fingerprint density at radius 3 is 2.39 bits per heavy atom. The first-order chi connectivity index (χ1) is 19.5. The first-order valence-electron chi connectivity index (χ1n) is 13.3. The summed E-state index contributed by atoms with van der Waals surface area (Å²) < 4.78 is 54.7. The van der Waals surface area contributed by atoms with E-state index >= 15 is 0 Å². The first kappa shape index (κ1) is 26.8. The van der Waals surface area contributed by atoms with Gasteiger partial charge < -0.3 is 14.8 Å². The molecular weight excluding hydrogens is 534 g/mol. The Balaban J connectivity index is 1.42. The van der Waals surface area contributed by atoms with Crippen molar-refractivity contribution in [2.24, 2.45) is 5.41 Å². The molecule has 1 aromatic heterocycles. The van der Waals surface area contributed by atoms with Crippen LogP contribution in [0.1, 0.15) is 36.2 Å². The molecule has 1 N–H and O–H groups in total. The largest absolute Gasteiger partial charge is 0.419 e. The maximum absolute atomic E-state index is 14.4. The molecule has 210 valence electrons. The highest BCUT2D eigenvalue weighted by Crippen LogP contribution is 2.72. The van der Waals surface area contributed by atoms with Crippen LogP contribution in [0.2, 0.25) is 0 Å². The number of nitrogens with one attached hydrogen (secondary N) is 1. The summed E-state index contributed by atoms with van der Waals surface area (Å²) in [5.41, 5.74) is 1.35. The highest BCUT2D eigenvalue weighted by Gasteiger charge is 2.70. The molecule has 6 rings (SSSR count). The van der Waals surface area contributed by atoms with Gasteiger partial charge >= 0.3 is 12.2 Å². The lowest BCUT2D eigenvalue weighted by Gasteiger charge is -2.36. The van der Waals surface area contributed by atoms with Crippen LogP contribution in [0.3, 0.4) is 0 Å². The van der Waals surface area contributed by atoms with Gasteiger partial charge in [0.05, 0.1) is 28.6 Å². The second-order valence-corrected chi connectivity index (χ2v) is 11.2. The van der Waals surface area contributed by atoms with Crippen molar-refractivity contribution in [1.82, 2.24) is 19.8 Å². The van der Waals surface area contributed by atoms with Crippen molar-refractivity contribution in [3.05, 3.63) is 94.8 Å². The fourth-order valence-electron chi connectivity index (χ4n) is 6.51. The van der Waals surface area contributed by atoms with E-state index in [2.05, 4.69) is 14.8 Å². The molecule has 1 spiro atoms. The molecule has 2 aliphatic rings. The van der Waals surface area contributed by atoms with Gasteiger partial charge in [-0.1, -0.05) is 42.5 Å². The van der Waals surface area contributed by atoms with E-state index in [1.54, 1.807) is 25.1 Å². The zero-order chi connectivity index (χ0) is 29.2. The normalized spacial score (nSPS) is 19.8. The number of H-pyrrole nitrogens is 1. The zero-order valence-electron chi connectivity index (χ0n) is 22.5. The van der Waals surface area contributed by atoms with E-state index in [4.69, 9.17) is 6.57 Å². The van der Waals surface area contributed by atoms with Crippen LogP contribution < -0.4 is 0 Å². The monoisotopic (exact) mass is 561 g/mol. The lowest BCUT2D eigenvalue weighted by Crippen LogP contribution is -2.45. The highest BCUT2D eigenvalue weighted by atomic mass is 19.4. The number of likely N-dealkylation sites (tertiary alicyclic amines) is 1. The average Bonchev–Trinajstić information content (AvgIpc) is 3.40. The number of fused-ring (bicyclic) bond motifs is 1. The Bertz CT molecular complexity index is 1690. The number of aromatic amines is 1. The van der Waals surface area contributed by atoms with E-state index in [0.717, 1.165) is 28.8 Å². The van der Waals surface area contributed by atoms with Gasteiger partial charge in [0.25, 0.3) is 0 Å². The number of hydrogen-bond donors (Lipinski definition) is 1. The molecule has 10 heteroatoms. The molecule has 1 aliphatic carbocycles. The SMILES string of the molecule is [C-]#[N+]c1cccc(-c2ccc(C3(c4nc5cc(F)c(C(F)(F)F)cc5[nH]4)CC34CCN(C(=O)N(C)C)CC4)cc2)c1. The molecular formula is C31H27F4N5O. The van der Waals surface area contributed by atoms with E-state index in [0.29, 0.717) is 43.9 Å². The maximum Gasteiger partial charge on any atom is 0.419 e. The number of amides is 2. The summed E-state index contributed by atoms with van der Waals surface area (Å²) in [6, 6.07) is 16.8. The summed E-state index contributed by atoms with van der Waals surface area (Å²) in [6.45, 7) is 8.40. The van der Waals surface area contributed by atoms with Gasteiger partial charge in [0.1, 0.15) is 11.6 Å². The van der Waals surface area contributed by atoms with Gasteiger partial charge in [-0.25, -0.2) is 19.0 Å². The average molecular weight is 562 g/mol. The summed E-state index contributed by atoms with van der Waals surface area (Å²) in [5.74, 6) is -0.856. The number of nitrogens with zero attached hydrogens (tertiary/aromatic N) is 4. The Hall–Kier alpha value is -4.39. The minimum absolute atomic E-state index is 0.0593. The second kappa shape index (κ2) is 9.33. The molecule has 0 bridgehead atoms. The number of urea groups is 1. The maximum atomic E-state index is 14.4. The van der Waals surface area contributed by atoms with Crippen LogP contribution in [0.15, 0.2) is 60.7 Å². The van der Waals surface area contributed by atoms with E-state index in [1.165, 1.54) is 0 Å². The van der Waals surface area contributed by atoms with Crippen LogP contribution >= 0.6 is 0 Å². The molecule has 4 aromatic rings. The van der Waals surface area contributed by atoms with Gasteiger partial charge in [0, 0.05) is 33.3 Å². The molecule has 1 saturated heterocycles. The van der Waals surface area contributed by atoms with Crippen molar-refractivity contribution in [1.29, 1.82) is 0 Å². The molecule has 2 amide bonds. The minimum Gasteiger partial charge on any atom is -0.341 e. The van der Waals surface area contributed by atoms with Crippen molar-refractivity contribution < 1.29 is 22.4 Å². The minimum atomic E-state index is -4.83. The smallest absolute Gasteiger partial charge is 0.341 e. The third-order valence-electron chi connectivity index (χ3n) is 8.72. The Morgan fingerprint density at radius 2 is 1.76 bits per heavy atom. The standard InChI is InChI=1S/C31H27F4N5O/c1-36-22-6-4-5-20(15-22)19-7-9-21(10-8-19)30(18-29(30)11-13-40(14-12-29)28(41)39(2)3)27-37-25-16-23(31(33,34)35)24(32)17-26(25)38-27/h4-10,15-17H,11-14,18H2,2-3H3,(H,37,38). The summed E-state index contributed by atoms with van der Waals surface area (Å²) in [5, 5.41) is 0. The van der Waals surface area contributed by atoms with Crippen LogP contribution in [0, 0.1) is 17.8 Å². The number of imidazole rings is 1. The fraction of sp³-hybridized carbons (Fsp3) is 0.323. The molecule has 2 fully saturated rings. The molecule has 0 radical (unpaired) electrons. The van der Waals surface area contributed by atoms with Crippen molar-refractivity contribution in [3.63, 3.8) is 0 Å².